The van der Waals surface area contributed by atoms with Gasteiger partial charge >= 0.3 is 0 Å². The number of nitrogens with two attached hydrogens (primary N) is 1. The Kier molecular flexibility index (Phi) is 3.09. The van der Waals surface area contributed by atoms with Crippen molar-refractivity contribution in [2.24, 2.45) is 0 Å². The summed E-state index contributed by atoms with van der Waals surface area (Å²) in [5.74, 6) is 0.955. The Morgan fingerprint density at radius 2 is 2.15 bits per heavy atom. The first-order valence-corrected chi connectivity index (χ1v) is 4.11. The van der Waals surface area contributed by atoms with Crippen molar-refractivity contribution in [2.45, 2.75) is 6.92 Å². The van der Waals surface area contributed by atoms with Crippen LogP contribution in [0.3, 0.4) is 0 Å². The lowest BCUT2D eigenvalue weighted by Crippen LogP contribution is -2.27. The highest BCUT2D eigenvalue weighted by Crippen LogP contribution is 1.99. The number of rotatable bonds is 2. The molecule has 13 heavy (non-hydrogen) atoms. The number of anilines is 2. The van der Waals surface area contributed by atoms with Crippen molar-refractivity contribution in [3.63, 3.8) is 0 Å². The van der Waals surface area contributed by atoms with Crippen LogP contribution in [0.1, 0.15) is 5.82 Å². The minimum atomic E-state index is 0.145. The van der Waals surface area contributed by atoms with E-state index in [1.54, 1.807) is 6.92 Å². The summed E-state index contributed by atoms with van der Waals surface area (Å²) in [6.45, 7) is 1.70. The second kappa shape index (κ2) is 4.10. The molecular weight excluding hydrogens is 208 g/mol. The fourth-order valence-electron chi connectivity index (χ4n) is 0.665. The number of aromatic nitrogens is 3. The fraction of sp³-hybridized carbons (Fsp3) is 0.200. The predicted octanol–water partition coefficient (Wildman–Crippen LogP) is -0.489. The summed E-state index contributed by atoms with van der Waals surface area (Å²) in [7, 11) is 0. The van der Waals surface area contributed by atoms with Gasteiger partial charge in [0, 0.05) is 0 Å². The van der Waals surface area contributed by atoms with Crippen LogP contribution in [0.25, 0.3) is 0 Å². The van der Waals surface area contributed by atoms with Gasteiger partial charge in [0.15, 0.2) is 0 Å². The van der Waals surface area contributed by atoms with E-state index in [4.69, 9.17) is 5.73 Å². The van der Waals surface area contributed by atoms with E-state index in [1.807, 2.05) is 0 Å². The maximum Gasteiger partial charge on any atom is 0.246 e. The molecule has 4 N–H and O–H groups in total. The van der Waals surface area contributed by atoms with Crippen LogP contribution >= 0.6 is 12.2 Å². The van der Waals surface area contributed by atoms with Crippen molar-refractivity contribution >= 4 is 41.1 Å². The Morgan fingerprint density at radius 3 is 2.69 bits per heavy atom. The number of hydrogen-bond acceptors (Lipinski definition) is 7. The monoisotopic (exact) mass is 215 g/mol. The van der Waals surface area contributed by atoms with E-state index in [-0.39, 0.29) is 16.2 Å². The number of hydrogen-bond donors (Lipinski definition) is 3. The standard InChI is InChI=1S/C5H8N6S2/c1-2-7-3(6)9-4(8-2)10-11-5(12)13/h1H3,(H2,11,12,13)(H3,6,7,8,9,10)/p-1. The third-order valence-corrected chi connectivity index (χ3v) is 1.24. The highest BCUT2D eigenvalue weighted by atomic mass is 32.1. The van der Waals surface area contributed by atoms with E-state index in [1.165, 1.54) is 0 Å². The molecule has 0 fully saturated rings. The number of thiocarbonyl (C=S) groups is 1. The van der Waals surface area contributed by atoms with Gasteiger partial charge in [0.1, 0.15) is 5.82 Å². The molecule has 0 bridgehead atoms. The van der Waals surface area contributed by atoms with Gasteiger partial charge in [-0.3, -0.25) is 5.43 Å². The van der Waals surface area contributed by atoms with E-state index in [0.29, 0.717) is 5.82 Å². The predicted molar refractivity (Wildman–Crippen MR) is 55.7 cm³/mol. The maximum absolute atomic E-state index is 5.38. The number of hydrazine groups is 1. The molecule has 0 aliphatic rings. The van der Waals surface area contributed by atoms with Gasteiger partial charge in [-0.05, 0) is 11.2 Å². The average Bonchev–Trinajstić information content (AvgIpc) is 1.99. The lowest BCUT2D eigenvalue weighted by molar-refractivity contribution is 0.959. The van der Waals surface area contributed by atoms with E-state index >= 15 is 0 Å². The first-order valence-electron chi connectivity index (χ1n) is 3.29. The van der Waals surface area contributed by atoms with Crippen LogP contribution in [0, 0.1) is 6.92 Å². The summed E-state index contributed by atoms with van der Waals surface area (Å²) in [6, 6.07) is 0. The van der Waals surface area contributed by atoms with Crippen LogP contribution in [0.5, 0.6) is 0 Å². The topological polar surface area (TPSA) is 88.8 Å². The molecule has 0 saturated carbocycles. The smallest absolute Gasteiger partial charge is 0.246 e. The van der Waals surface area contributed by atoms with Crippen molar-refractivity contribution in [1.29, 1.82) is 0 Å². The van der Waals surface area contributed by atoms with Gasteiger partial charge in [0.25, 0.3) is 0 Å². The van der Waals surface area contributed by atoms with Crippen molar-refractivity contribution in [1.82, 2.24) is 20.4 Å². The van der Waals surface area contributed by atoms with Gasteiger partial charge in [-0.25, -0.2) is 0 Å². The molecule has 0 aliphatic carbocycles. The lowest BCUT2D eigenvalue weighted by atomic mass is 10.7. The molecule has 0 saturated heterocycles. The van der Waals surface area contributed by atoms with E-state index in [9.17, 15) is 0 Å². The zero-order valence-corrected chi connectivity index (χ0v) is 8.37. The van der Waals surface area contributed by atoms with Gasteiger partial charge in [-0.1, -0.05) is 0 Å². The Labute approximate surface area is 85.7 Å². The molecule has 6 nitrogen and oxygen atoms in total. The van der Waals surface area contributed by atoms with Crippen LogP contribution in [0.15, 0.2) is 0 Å². The normalized spacial score (nSPS) is 9.31. The van der Waals surface area contributed by atoms with Crippen molar-refractivity contribution in [3.05, 3.63) is 5.82 Å². The Balaban J connectivity index is 2.71. The quantitative estimate of drug-likeness (QED) is 0.346. The van der Waals surface area contributed by atoms with Gasteiger partial charge in [-0.15, -0.1) is 0 Å². The molecule has 0 atom stereocenters. The molecule has 0 spiro atoms. The first-order chi connectivity index (χ1) is 6.08. The molecule has 0 aromatic carbocycles. The number of nitrogen functional groups attached to an aromatic ring is 1. The Morgan fingerprint density at radius 1 is 1.46 bits per heavy atom. The molecule has 1 rings (SSSR count). The van der Waals surface area contributed by atoms with Gasteiger partial charge in [0.05, 0.1) is 0 Å². The zero-order valence-electron chi connectivity index (χ0n) is 6.74. The molecule has 0 unspecified atom stereocenters. The minimum Gasteiger partial charge on any atom is -0.410 e. The summed E-state index contributed by atoms with van der Waals surface area (Å²) in [5, 5.41) is 0. The van der Waals surface area contributed by atoms with Gasteiger partial charge in [0.2, 0.25) is 11.9 Å². The Bertz CT molecular complexity index is 307. The van der Waals surface area contributed by atoms with E-state index in [0.717, 1.165) is 0 Å². The van der Waals surface area contributed by atoms with Crippen LogP contribution in [-0.2, 0) is 12.6 Å². The highest BCUT2D eigenvalue weighted by Gasteiger charge is 1.98. The van der Waals surface area contributed by atoms with Crippen LogP contribution in [-0.4, -0.2) is 19.3 Å². The zero-order chi connectivity index (χ0) is 9.84. The van der Waals surface area contributed by atoms with Crippen LogP contribution < -0.4 is 16.6 Å². The van der Waals surface area contributed by atoms with Gasteiger partial charge in [-0.2, -0.15) is 15.0 Å². The van der Waals surface area contributed by atoms with Crippen molar-refractivity contribution < 1.29 is 0 Å². The third kappa shape index (κ3) is 3.30. The molecule has 0 amide bonds. The van der Waals surface area contributed by atoms with E-state index < -0.39 is 0 Å². The largest absolute Gasteiger partial charge is 0.410 e. The molecule has 1 aromatic rings. The minimum absolute atomic E-state index is 0.145. The molecule has 0 aliphatic heterocycles. The molecular formula is C5H7N6S2-. The Hall–Kier alpha value is -1.28. The van der Waals surface area contributed by atoms with Crippen LogP contribution in [0.4, 0.5) is 11.9 Å². The van der Waals surface area contributed by atoms with Crippen molar-refractivity contribution in [2.75, 3.05) is 11.2 Å². The second-order valence-electron chi connectivity index (χ2n) is 2.10. The van der Waals surface area contributed by atoms with Gasteiger partial charge < -0.3 is 36.0 Å². The molecule has 1 heterocycles. The fourth-order valence-corrected chi connectivity index (χ4v) is 0.767. The summed E-state index contributed by atoms with van der Waals surface area (Å²) >= 11 is 9.20. The molecule has 1 aromatic heterocycles. The summed E-state index contributed by atoms with van der Waals surface area (Å²) in [6.07, 6.45) is 0. The molecule has 8 heteroatoms. The SMILES string of the molecule is Cc1nc(N)nc(NNC(=S)[S-])n1. The van der Waals surface area contributed by atoms with Crippen molar-refractivity contribution in [3.8, 4) is 0 Å². The first kappa shape index (κ1) is 9.81. The van der Waals surface area contributed by atoms with Crippen LogP contribution in [0.2, 0.25) is 0 Å². The lowest BCUT2D eigenvalue weighted by Gasteiger charge is -2.10. The maximum atomic E-state index is 5.38. The summed E-state index contributed by atoms with van der Waals surface area (Å²) in [5.41, 5.74) is 10.5. The number of aryl methyl sites for hydroxylation is 1. The second-order valence-corrected chi connectivity index (χ2v) is 3.18. The average molecular weight is 215 g/mol. The molecule has 0 radical (unpaired) electrons. The number of nitrogens with one attached hydrogen (secondary N) is 2. The molecule has 70 valence electrons. The third-order valence-electron chi connectivity index (χ3n) is 1.04. The van der Waals surface area contributed by atoms with E-state index in [2.05, 4.69) is 50.7 Å². The summed E-state index contributed by atoms with van der Waals surface area (Å²) < 4.78 is 0.177. The number of nitrogens with zero attached hydrogens (tertiary/aromatic N) is 3. The summed E-state index contributed by atoms with van der Waals surface area (Å²) in [4.78, 5) is 11.5. The highest BCUT2D eigenvalue weighted by molar-refractivity contribution is 8.00.